The lowest BCUT2D eigenvalue weighted by molar-refractivity contribution is -0.124. The molecule has 0 bridgehead atoms. The SMILES string of the molecule is CC.[B]C(O)(O)NC(=O)c1nnc(NC(=O)C2CC2)cc1Nc1cccc(-c2ncc(CNC(=O)COC)s2)c1OC. The molecule has 3 amide bonds. The smallest absolute Gasteiger partial charge is 0.277 e. The summed E-state index contributed by atoms with van der Waals surface area (Å²) < 4.78 is 10.5. The normalized spacial score (nSPS) is 12.4. The Bertz CT molecular complexity index is 1410. The van der Waals surface area contributed by atoms with Crippen LogP contribution < -0.4 is 26.0 Å². The summed E-state index contributed by atoms with van der Waals surface area (Å²) in [5.41, 5.74) is 0.754. The van der Waals surface area contributed by atoms with Crippen molar-refractivity contribution >= 4 is 54.1 Å². The Balaban J connectivity index is 0.00000237. The number of ether oxygens (including phenoxy) is 2. The summed E-state index contributed by atoms with van der Waals surface area (Å²) in [6.07, 6.45) is 3.19. The summed E-state index contributed by atoms with van der Waals surface area (Å²) in [6.45, 7) is 4.22. The molecule has 2 aromatic heterocycles. The van der Waals surface area contributed by atoms with Crippen LogP contribution in [0.2, 0.25) is 0 Å². The fourth-order valence-corrected chi connectivity index (χ4v) is 4.44. The van der Waals surface area contributed by atoms with Crippen LogP contribution in [-0.2, 0) is 20.9 Å². The van der Waals surface area contributed by atoms with Gasteiger partial charge in [-0.3, -0.25) is 14.4 Å². The Kier molecular flexibility index (Phi) is 11.3. The van der Waals surface area contributed by atoms with Crippen molar-refractivity contribution in [2.45, 2.75) is 39.0 Å². The van der Waals surface area contributed by atoms with Gasteiger partial charge in [0, 0.05) is 30.2 Å². The van der Waals surface area contributed by atoms with E-state index >= 15 is 0 Å². The number of nitrogens with one attached hydrogen (secondary N) is 4. The Morgan fingerprint density at radius 2 is 1.88 bits per heavy atom. The molecule has 0 saturated heterocycles. The molecule has 3 aromatic rings. The fraction of sp³-hybridized carbons (Fsp3) is 0.385. The topological polar surface area (TPSA) is 197 Å². The third-order valence-electron chi connectivity index (χ3n) is 5.51. The molecule has 2 heterocycles. The highest BCUT2D eigenvalue weighted by atomic mass is 32.1. The predicted octanol–water partition coefficient (Wildman–Crippen LogP) is 1.48. The molecule has 4 rings (SSSR count). The highest BCUT2D eigenvalue weighted by Crippen LogP contribution is 2.40. The van der Waals surface area contributed by atoms with Crippen LogP contribution in [0.4, 0.5) is 17.2 Å². The summed E-state index contributed by atoms with van der Waals surface area (Å²) in [4.78, 5) is 41.9. The van der Waals surface area contributed by atoms with Crippen molar-refractivity contribution in [3.05, 3.63) is 41.0 Å². The lowest BCUT2D eigenvalue weighted by atomic mass is 10.0. The van der Waals surface area contributed by atoms with E-state index in [-0.39, 0.29) is 48.1 Å². The lowest BCUT2D eigenvalue weighted by Gasteiger charge is -2.20. The maximum absolute atomic E-state index is 12.7. The first-order valence-corrected chi connectivity index (χ1v) is 13.8. The minimum absolute atomic E-state index is 0.0497. The minimum atomic E-state index is -3.00. The monoisotopic (exact) mass is 597 g/mol. The molecule has 1 fully saturated rings. The number of thiazole rings is 1. The summed E-state index contributed by atoms with van der Waals surface area (Å²) in [5.74, 6) is -4.17. The molecule has 14 nitrogen and oxygen atoms in total. The van der Waals surface area contributed by atoms with E-state index in [0.717, 1.165) is 17.7 Å². The maximum atomic E-state index is 12.7. The number of nitrogens with zero attached hydrogens (tertiary/aromatic N) is 3. The molecule has 16 heteroatoms. The van der Waals surface area contributed by atoms with Crippen LogP contribution in [0.1, 0.15) is 42.1 Å². The average Bonchev–Trinajstić information content (AvgIpc) is 3.70. The second kappa shape index (κ2) is 14.7. The van der Waals surface area contributed by atoms with Gasteiger partial charge in [-0.05, 0) is 25.0 Å². The molecule has 1 aromatic carbocycles. The van der Waals surface area contributed by atoms with Crippen LogP contribution in [0.3, 0.4) is 0 Å². The van der Waals surface area contributed by atoms with Crippen molar-refractivity contribution in [3.8, 4) is 16.3 Å². The van der Waals surface area contributed by atoms with Gasteiger partial charge in [-0.15, -0.1) is 21.5 Å². The van der Waals surface area contributed by atoms with Crippen LogP contribution in [0.25, 0.3) is 10.6 Å². The molecule has 2 radical (unpaired) electrons. The number of carbonyl (C=O) groups excluding carboxylic acids is 3. The van der Waals surface area contributed by atoms with E-state index in [2.05, 4.69) is 31.1 Å². The largest absolute Gasteiger partial charge is 0.494 e. The quantitative estimate of drug-likeness (QED) is 0.131. The van der Waals surface area contributed by atoms with Gasteiger partial charge < -0.3 is 41.0 Å². The van der Waals surface area contributed by atoms with Crippen LogP contribution in [0, 0.1) is 5.92 Å². The minimum Gasteiger partial charge on any atom is -0.494 e. The van der Waals surface area contributed by atoms with Crippen molar-refractivity contribution in [1.82, 2.24) is 25.8 Å². The van der Waals surface area contributed by atoms with Crippen molar-refractivity contribution in [3.63, 3.8) is 0 Å². The number of benzene rings is 1. The molecule has 6 N–H and O–H groups in total. The van der Waals surface area contributed by atoms with Gasteiger partial charge in [-0.25, -0.2) is 4.98 Å². The van der Waals surface area contributed by atoms with Crippen LogP contribution >= 0.6 is 11.3 Å². The summed E-state index contributed by atoms with van der Waals surface area (Å²) >= 11 is 1.35. The van der Waals surface area contributed by atoms with E-state index in [1.165, 1.54) is 31.6 Å². The lowest BCUT2D eigenvalue weighted by Crippen LogP contribution is -2.49. The molecule has 0 aliphatic heterocycles. The zero-order chi connectivity index (χ0) is 30.9. The van der Waals surface area contributed by atoms with Crippen LogP contribution in [0.15, 0.2) is 30.5 Å². The van der Waals surface area contributed by atoms with E-state index < -0.39 is 11.7 Å². The Morgan fingerprint density at radius 3 is 2.52 bits per heavy atom. The van der Waals surface area contributed by atoms with Gasteiger partial charge in [0.05, 0.1) is 30.6 Å². The van der Waals surface area contributed by atoms with E-state index in [1.807, 2.05) is 13.8 Å². The third kappa shape index (κ3) is 8.94. The number of carbonyl (C=O) groups is 3. The number of hydrogen-bond donors (Lipinski definition) is 6. The summed E-state index contributed by atoms with van der Waals surface area (Å²) in [7, 11) is 7.99. The number of hydrogen-bond acceptors (Lipinski definition) is 12. The molecule has 1 saturated carbocycles. The number of rotatable bonds is 12. The Labute approximate surface area is 247 Å². The van der Waals surface area contributed by atoms with Gasteiger partial charge in [0.25, 0.3) is 5.91 Å². The molecular weight excluding hydrogens is 565 g/mol. The van der Waals surface area contributed by atoms with E-state index in [1.54, 1.807) is 29.7 Å². The Morgan fingerprint density at radius 1 is 1.14 bits per heavy atom. The fourth-order valence-electron chi connectivity index (χ4n) is 3.57. The number of para-hydroxylation sites is 1. The summed E-state index contributed by atoms with van der Waals surface area (Å²) in [5, 5.41) is 37.4. The third-order valence-corrected chi connectivity index (χ3v) is 6.54. The van der Waals surface area contributed by atoms with E-state index in [9.17, 15) is 24.6 Å². The van der Waals surface area contributed by atoms with Crippen molar-refractivity contribution in [1.29, 1.82) is 0 Å². The van der Waals surface area contributed by atoms with Crippen LogP contribution in [0.5, 0.6) is 5.75 Å². The molecule has 1 aliphatic carbocycles. The number of aliphatic hydroxyl groups is 2. The zero-order valence-electron chi connectivity index (χ0n) is 23.6. The van der Waals surface area contributed by atoms with Crippen molar-refractivity contribution < 1.29 is 34.1 Å². The van der Waals surface area contributed by atoms with E-state index in [0.29, 0.717) is 22.0 Å². The van der Waals surface area contributed by atoms with Gasteiger partial charge in [0.1, 0.15) is 11.6 Å². The molecule has 0 atom stereocenters. The maximum Gasteiger partial charge on any atom is 0.277 e. The number of anilines is 3. The molecule has 222 valence electrons. The second-order valence-electron chi connectivity index (χ2n) is 8.79. The average molecular weight is 597 g/mol. The molecular formula is C26H32BN7O7S. The van der Waals surface area contributed by atoms with Gasteiger partial charge >= 0.3 is 0 Å². The van der Waals surface area contributed by atoms with Gasteiger partial charge in [-0.1, -0.05) is 19.9 Å². The first kappa shape index (κ1) is 32.4. The number of aromatic nitrogens is 3. The Hall–Kier alpha value is -4.12. The molecule has 0 spiro atoms. The van der Waals surface area contributed by atoms with Crippen molar-refractivity contribution in [2.24, 2.45) is 5.92 Å². The highest BCUT2D eigenvalue weighted by Gasteiger charge is 2.30. The zero-order valence-corrected chi connectivity index (χ0v) is 24.4. The molecule has 0 unspecified atom stereocenters. The van der Waals surface area contributed by atoms with Crippen LogP contribution in [-0.4, -0.2) is 77.6 Å². The number of amides is 3. The predicted molar refractivity (Wildman–Crippen MR) is 156 cm³/mol. The highest BCUT2D eigenvalue weighted by molar-refractivity contribution is 7.15. The van der Waals surface area contributed by atoms with Gasteiger partial charge in [-0.2, -0.15) is 0 Å². The summed E-state index contributed by atoms with van der Waals surface area (Å²) in [6, 6.07) is 6.58. The number of methoxy groups -OCH3 is 2. The molecule has 42 heavy (non-hydrogen) atoms. The van der Waals surface area contributed by atoms with Gasteiger partial charge in [0.15, 0.2) is 30.9 Å². The standard InChI is InChI=1S/C24H26BN7O7S.C2H6/c1-38-11-18(33)26-9-13-10-27-23(40-13)14-4-3-5-15(20(14)39-2)28-16-8-17(29-21(34)12-6-7-12)31-32-19(16)22(35)30-24(25,36)37;1-2/h3-5,8,10,12,36-37H,6-7,9,11H2,1-2H3,(H,26,33)(H,30,35)(H2,28,29,31,34);1-2H3. The van der Waals surface area contributed by atoms with Crippen molar-refractivity contribution in [2.75, 3.05) is 31.5 Å². The first-order valence-electron chi connectivity index (χ1n) is 13.0. The first-order chi connectivity index (χ1) is 20.1. The molecule has 1 aliphatic rings. The second-order valence-corrected chi connectivity index (χ2v) is 9.90. The van der Waals surface area contributed by atoms with Gasteiger partial charge in [0.2, 0.25) is 11.8 Å². The van der Waals surface area contributed by atoms with E-state index in [4.69, 9.17) is 17.3 Å².